The van der Waals surface area contributed by atoms with Crippen LogP contribution in [0.2, 0.25) is 0 Å². The quantitative estimate of drug-likeness (QED) is 0.269. The molecule has 4 heterocycles. The van der Waals surface area contributed by atoms with E-state index in [-0.39, 0.29) is 35.9 Å². The first kappa shape index (κ1) is 25.7. The number of ether oxygens (including phenoxy) is 1. The molecule has 0 radical (unpaired) electrons. The summed E-state index contributed by atoms with van der Waals surface area (Å²) in [5.41, 5.74) is 2.92. The number of ketones is 1. The Bertz CT molecular complexity index is 1840. The lowest BCUT2D eigenvalue weighted by molar-refractivity contribution is -0.136. The molecule has 3 unspecified atom stereocenters. The van der Waals surface area contributed by atoms with Crippen LogP contribution in [0.1, 0.15) is 58.4 Å². The van der Waals surface area contributed by atoms with E-state index in [9.17, 15) is 4.79 Å². The van der Waals surface area contributed by atoms with E-state index in [1.165, 1.54) is 0 Å². The van der Waals surface area contributed by atoms with E-state index < -0.39 is 10.3 Å². The highest BCUT2D eigenvalue weighted by Crippen LogP contribution is 2.66. The molecule has 3 fully saturated rings. The van der Waals surface area contributed by atoms with Crippen LogP contribution >= 0.6 is 11.8 Å². The predicted octanol–water partition coefficient (Wildman–Crippen LogP) is 6.49. The minimum atomic E-state index is -0.965. The summed E-state index contributed by atoms with van der Waals surface area (Å²) in [4.78, 5) is 39.4. The molecule has 1 amide bonds. The number of benzene rings is 4. The third-order valence-electron chi connectivity index (χ3n) is 10.5. The number of amides is 1. The van der Waals surface area contributed by atoms with Crippen molar-refractivity contribution in [2.24, 2.45) is 10.9 Å². The fourth-order valence-electron chi connectivity index (χ4n) is 8.76. The van der Waals surface area contributed by atoms with Crippen LogP contribution in [-0.4, -0.2) is 51.3 Å². The van der Waals surface area contributed by atoms with Crippen molar-refractivity contribution in [1.82, 2.24) is 9.80 Å². The lowest BCUT2D eigenvalue weighted by Crippen LogP contribution is -2.50. The summed E-state index contributed by atoms with van der Waals surface area (Å²) in [6.45, 7) is 0.679. The zero-order valence-corrected chi connectivity index (χ0v) is 24.7. The Morgan fingerprint density at radius 3 is 2.37 bits per heavy atom. The number of fused-ring (bicyclic) bond motifs is 3. The molecule has 3 saturated heterocycles. The van der Waals surface area contributed by atoms with Gasteiger partial charge in [-0.1, -0.05) is 109 Å². The number of rotatable bonds is 2. The van der Waals surface area contributed by atoms with Gasteiger partial charge in [-0.2, -0.15) is 0 Å². The second-order valence-electron chi connectivity index (χ2n) is 12.5. The van der Waals surface area contributed by atoms with Gasteiger partial charge in [0.1, 0.15) is 10.3 Å². The number of nitrogens with zero attached hydrogens (tertiary/aromatic N) is 3. The van der Waals surface area contributed by atoms with E-state index in [0.29, 0.717) is 13.0 Å². The normalized spacial score (nSPS) is 33.0. The molecule has 6 nitrogen and oxygen atoms in total. The van der Waals surface area contributed by atoms with Gasteiger partial charge in [-0.15, -0.1) is 0 Å². The molecule has 43 heavy (non-hydrogen) atoms. The smallest absolute Gasteiger partial charge is 0.247 e. The molecule has 9 rings (SSSR count). The number of amidine groups is 1. The number of likely N-dealkylation sites (tertiary alicyclic amines) is 1. The third kappa shape index (κ3) is 3.25. The van der Waals surface area contributed by atoms with Crippen LogP contribution in [0.3, 0.4) is 0 Å². The lowest BCUT2D eigenvalue weighted by atomic mass is 9.81. The van der Waals surface area contributed by atoms with Gasteiger partial charge in [0.15, 0.2) is 17.2 Å². The topological polar surface area (TPSA) is 62.2 Å². The zero-order chi connectivity index (χ0) is 28.9. The molecule has 0 N–H and O–H groups in total. The average Bonchev–Trinajstić information content (AvgIpc) is 3.58. The highest BCUT2D eigenvalue weighted by molar-refractivity contribution is 8.16. The van der Waals surface area contributed by atoms with Crippen LogP contribution in [0.15, 0.2) is 102 Å². The fourth-order valence-corrected chi connectivity index (χ4v) is 10.4. The Hall–Kier alpha value is -3.78. The molecule has 4 aliphatic heterocycles. The molecular weight excluding hydrogens is 554 g/mol. The van der Waals surface area contributed by atoms with Gasteiger partial charge in [-0.3, -0.25) is 19.4 Å². The molecule has 214 valence electrons. The number of thioether (sulfide) groups is 1. The van der Waals surface area contributed by atoms with Gasteiger partial charge in [-0.05, 0) is 47.4 Å². The molecule has 4 aromatic rings. The number of aliphatic imine (C=N–C) groups is 1. The van der Waals surface area contributed by atoms with Gasteiger partial charge in [-0.25, -0.2) is 4.99 Å². The summed E-state index contributed by atoms with van der Waals surface area (Å²) >= 11 is 1.56. The van der Waals surface area contributed by atoms with E-state index >= 15 is 4.79 Å². The molecule has 0 bridgehead atoms. The molecule has 0 aromatic heterocycles. The maximum absolute atomic E-state index is 15.4. The summed E-state index contributed by atoms with van der Waals surface area (Å²) in [7, 11) is 2.04. The molecule has 1 aliphatic carbocycles. The van der Waals surface area contributed by atoms with Crippen LogP contribution in [0, 0.1) is 5.92 Å². The van der Waals surface area contributed by atoms with Crippen molar-refractivity contribution in [2.75, 3.05) is 13.7 Å². The van der Waals surface area contributed by atoms with Gasteiger partial charge < -0.3 is 4.74 Å². The van der Waals surface area contributed by atoms with Crippen molar-refractivity contribution in [3.8, 4) is 0 Å². The molecular formula is C36H31N3O3S. The summed E-state index contributed by atoms with van der Waals surface area (Å²) in [5, 5.41) is 2.79. The van der Waals surface area contributed by atoms with Gasteiger partial charge >= 0.3 is 0 Å². The van der Waals surface area contributed by atoms with Crippen LogP contribution < -0.4 is 0 Å². The van der Waals surface area contributed by atoms with Crippen molar-refractivity contribution in [1.29, 1.82) is 0 Å². The number of Topliss-reactive ketones (excluding diaryl/α,β-unsaturated/α-hetero) is 1. The molecule has 7 heteroatoms. The van der Waals surface area contributed by atoms with E-state index in [2.05, 4.69) is 47.4 Å². The van der Waals surface area contributed by atoms with Crippen molar-refractivity contribution in [3.63, 3.8) is 0 Å². The fraction of sp³-hybridized carbons (Fsp3) is 0.306. The first-order valence-electron chi connectivity index (χ1n) is 15.2. The first-order chi connectivity index (χ1) is 21.0. The number of carbonyl (C=O) groups is 2. The summed E-state index contributed by atoms with van der Waals surface area (Å²) in [6, 6.07) is 32.3. The second kappa shape index (κ2) is 9.11. The van der Waals surface area contributed by atoms with Gasteiger partial charge in [0, 0.05) is 24.5 Å². The molecule has 2 spiro atoms. The monoisotopic (exact) mass is 585 g/mol. The molecule has 4 aromatic carbocycles. The standard InChI is InChI=1S/C36H31N3O3S/c1-38-30(24-13-6-3-7-14-24)36(21-35(38)27-19-9-16-22-15-8-17-25(28(22)27)31(35)40)33(41)39-29(23-11-4-2-5-12-23)26-18-10-20-42-32(26)37-34(39)43-36/h2-9,11-17,19,26,29-30,32H,10,18,20-21H2,1H3/t26?,29?,30-,32?,35+,36-/m1/s1. The van der Waals surface area contributed by atoms with Crippen molar-refractivity contribution >= 4 is 39.4 Å². The van der Waals surface area contributed by atoms with Gasteiger partial charge in [0.05, 0.1) is 12.1 Å². The van der Waals surface area contributed by atoms with Crippen molar-refractivity contribution < 1.29 is 14.3 Å². The van der Waals surface area contributed by atoms with Crippen LogP contribution in [0.5, 0.6) is 0 Å². The van der Waals surface area contributed by atoms with Crippen LogP contribution in [0.25, 0.3) is 10.8 Å². The largest absolute Gasteiger partial charge is 0.356 e. The third-order valence-corrected chi connectivity index (χ3v) is 11.9. The Kier molecular flexibility index (Phi) is 5.45. The van der Waals surface area contributed by atoms with Crippen molar-refractivity contribution in [2.45, 2.75) is 47.9 Å². The average molecular weight is 586 g/mol. The van der Waals surface area contributed by atoms with Crippen LogP contribution in [-0.2, 0) is 15.1 Å². The Balaban J connectivity index is 1.26. The Morgan fingerprint density at radius 2 is 1.60 bits per heavy atom. The maximum Gasteiger partial charge on any atom is 0.247 e. The molecule has 0 saturated carbocycles. The molecule has 6 atom stereocenters. The van der Waals surface area contributed by atoms with E-state index in [4.69, 9.17) is 9.73 Å². The summed E-state index contributed by atoms with van der Waals surface area (Å²) in [5.74, 6) is 0.202. The number of hydrogen-bond donors (Lipinski definition) is 0. The minimum Gasteiger partial charge on any atom is -0.356 e. The zero-order valence-electron chi connectivity index (χ0n) is 23.9. The predicted molar refractivity (Wildman–Crippen MR) is 168 cm³/mol. The highest BCUT2D eigenvalue weighted by atomic mass is 32.2. The van der Waals surface area contributed by atoms with Gasteiger partial charge in [0.2, 0.25) is 5.91 Å². The Labute approximate surface area is 254 Å². The molecule has 5 aliphatic rings. The van der Waals surface area contributed by atoms with Crippen LogP contribution in [0.4, 0.5) is 0 Å². The summed E-state index contributed by atoms with van der Waals surface area (Å²) in [6.07, 6.45) is 1.99. The minimum absolute atomic E-state index is 0.0441. The van der Waals surface area contributed by atoms with Crippen molar-refractivity contribution in [3.05, 3.63) is 119 Å². The van der Waals surface area contributed by atoms with E-state index in [1.807, 2.05) is 66.5 Å². The maximum atomic E-state index is 15.4. The second-order valence-corrected chi connectivity index (χ2v) is 13.8. The van der Waals surface area contributed by atoms with E-state index in [0.717, 1.165) is 51.0 Å². The summed E-state index contributed by atoms with van der Waals surface area (Å²) < 4.78 is 5.30. The number of hydrogen-bond acceptors (Lipinski definition) is 6. The number of carbonyl (C=O) groups excluding carboxylic acids is 2. The Morgan fingerprint density at radius 1 is 0.884 bits per heavy atom. The lowest BCUT2D eigenvalue weighted by Gasteiger charge is -2.43. The highest BCUT2D eigenvalue weighted by Gasteiger charge is 2.72. The first-order valence-corrected chi connectivity index (χ1v) is 16.0. The van der Waals surface area contributed by atoms with Gasteiger partial charge in [0.25, 0.3) is 0 Å². The SMILES string of the molecule is CN1[C@H](c2ccccc2)[C@@]2(C[C@]13C(=O)c1cccc4cccc3c14)SC1=NC3OCCCC3C(c3ccccc3)N1C2=O. The van der Waals surface area contributed by atoms with E-state index in [1.54, 1.807) is 11.8 Å². The number of likely N-dealkylation sites (N-methyl/N-ethyl adjacent to an activating group) is 1.